The third kappa shape index (κ3) is 4.83. The fourth-order valence-electron chi connectivity index (χ4n) is 2.28. The predicted octanol–water partition coefficient (Wildman–Crippen LogP) is 2.79. The number of amides is 1. The Balaban J connectivity index is 2.16. The van der Waals surface area contributed by atoms with Crippen molar-refractivity contribution in [2.24, 2.45) is 5.92 Å². The van der Waals surface area contributed by atoms with E-state index in [0.29, 0.717) is 0 Å². The van der Waals surface area contributed by atoms with Gasteiger partial charge in [-0.15, -0.1) is 10.2 Å². The topological polar surface area (TPSA) is 101 Å². The average molecular weight is 383 g/mol. The van der Waals surface area contributed by atoms with E-state index in [2.05, 4.69) is 20.2 Å². The lowest BCUT2D eigenvalue weighted by molar-refractivity contribution is -0.118. The molecule has 0 spiro atoms. The smallest absolute Gasteiger partial charge is 0.270 e. The van der Waals surface area contributed by atoms with Crippen molar-refractivity contribution >= 4 is 32.4 Å². The van der Waals surface area contributed by atoms with E-state index in [9.17, 15) is 13.2 Å². The van der Waals surface area contributed by atoms with Crippen molar-refractivity contribution in [3.63, 3.8) is 0 Å². The van der Waals surface area contributed by atoms with Crippen LogP contribution in [0.25, 0.3) is 0 Å². The lowest BCUT2D eigenvalue weighted by Crippen LogP contribution is -2.27. The van der Waals surface area contributed by atoms with E-state index in [1.54, 1.807) is 20.8 Å². The maximum absolute atomic E-state index is 12.5. The summed E-state index contributed by atoms with van der Waals surface area (Å²) in [5.74, 6) is -0.469. The van der Waals surface area contributed by atoms with E-state index in [-0.39, 0.29) is 21.3 Å². The van der Waals surface area contributed by atoms with Gasteiger partial charge in [0.2, 0.25) is 15.4 Å². The first-order valence-electron chi connectivity index (χ1n) is 7.84. The molecule has 1 heterocycles. The molecule has 0 unspecified atom stereocenters. The molecule has 0 saturated carbocycles. The third-order valence-electron chi connectivity index (χ3n) is 3.61. The van der Waals surface area contributed by atoms with Crippen LogP contribution in [0.3, 0.4) is 0 Å². The van der Waals surface area contributed by atoms with Crippen molar-refractivity contribution in [3.05, 3.63) is 34.9 Å². The second-order valence-electron chi connectivity index (χ2n) is 6.22. The number of aromatic nitrogens is 2. The fraction of sp³-hybridized carbons (Fsp3) is 0.438. The number of hydrogen-bond donors (Lipinski definition) is 2. The Bertz CT molecular complexity index is 875. The first-order chi connectivity index (χ1) is 11.6. The molecule has 0 bridgehead atoms. The number of nitrogens with zero attached hydrogens (tertiary/aromatic N) is 2. The van der Waals surface area contributed by atoms with Gasteiger partial charge in [-0.2, -0.15) is 0 Å². The summed E-state index contributed by atoms with van der Waals surface area (Å²) < 4.78 is 27.5. The van der Waals surface area contributed by atoms with Crippen molar-refractivity contribution in [1.29, 1.82) is 0 Å². The number of carbonyl (C=O) groups excluding carboxylic acids is 1. The summed E-state index contributed by atoms with van der Waals surface area (Å²) in [7, 11) is -3.83. The van der Waals surface area contributed by atoms with Gasteiger partial charge < -0.3 is 5.32 Å². The minimum absolute atomic E-state index is 0.165. The molecule has 1 amide bonds. The summed E-state index contributed by atoms with van der Waals surface area (Å²) in [6, 6.07) is 5.44. The average Bonchev–Trinajstić information content (AvgIpc) is 2.95. The molecule has 0 radical (unpaired) electrons. The minimum Gasteiger partial charge on any atom is -0.300 e. The fourth-order valence-corrected chi connectivity index (χ4v) is 4.42. The normalized spacial score (nSPS) is 13.0. The Kier molecular flexibility index (Phi) is 5.91. The molecule has 0 saturated heterocycles. The van der Waals surface area contributed by atoms with E-state index < -0.39 is 16.1 Å². The third-order valence-corrected chi connectivity index (χ3v) is 6.36. The van der Waals surface area contributed by atoms with E-state index in [0.717, 1.165) is 28.0 Å². The number of nitrogens with one attached hydrogen (secondary N) is 2. The molecule has 25 heavy (non-hydrogen) atoms. The number of anilines is 1. The Labute approximate surface area is 151 Å². The zero-order valence-corrected chi connectivity index (χ0v) is 16.5. The van der Waals surface area contributed by atoms with Crippen molar-refractivity contribution in [2.45, 2.75) is 45.0 Å². The van der Waals surface area contributed by atoms with Gasteiger partial charge in [-0.25, -0.2) is 13.1 Å². The highest BCUT2D eigenvalue weighted by molar-refractivity contribution is 7.91. The van der Waals surface area contributed by atoms with E-state index in [1.165, 1.54) is 0 Å². The van der Waals surface area contributed by atoms with Gasteiger partial charge in [-0.05, 0) is 31.9 Å². The maximum atomic E-state index is 12.5. The molecule has 0 fully saturated rings. The second-order valence-corrected chi connectivity index (χ2v) is 9.09. The van der Waals surface area contributed by atoms with Crippen molar-refractivity contribution in [2.75, 3.05) is 5.32 Å². The molecule has 1 atom stereocenters. The standard InChI is InChI=1S/C16H22N4O3S2/c1-9(2)14(21)17-15-18-19-16(24-15)25(22,23)20-12(5)13-7-6-10(3)8-11(13)4/h6-9,12,20H,1-5H3,(H,17,18,21)/t12-/m0/s1. The molecule has 0 aliphatic carbocycles. The number of rotatable bonds is 6. The van der Waals surface area contributed by atoms with Crippen molar-refractivity contribution in [3.8, 4) is 0 Å². The summed E-state index contributed by atoms with van der Waals surface area (Å²) >= 11 is 0.825. The molecular weight excluding hydrogens is 360 g/mol. The first kappa shape index (κ1) is 19.5. The molecule has 1 aromatic carbocycles. The van der Waals surface area contributed by atoms with Crippen LogP contribution in [-0.2, 0) is 14.8 Å². The van der Waals surface area contributed by atoms with Crippen LogP contribution in [0.2, 0.25) is 0 Å². The number of hydrogen-bond acceptors (Lipinski definition) is 6. The zero-order valence-electron chi connectivity index (χ0n) is 14.8. The maximum Gasteiger partial charge on any atom is 0.270 e. The summed E-state index contributed by atoms with van der Waals surface area (Å²) in [6.07, 6.45) is 0. The zero-order chi connectivity index (χ0) is 18.8. The Hall–Kier alpha value is -1.84. The molecule has 0 aliphatic heterocycles. The van der Waals surface area contributed by atoms with Crippen LogP contribution in [0, 0.1) is 19.8 Å². The van der Waals surface area contributed by atoms with Gasteiger partial charge in [0.1, 0.15) is 0 Å². The van der Waals surface area contributed by atoms with Crippen LogP contribution in [0.5, 0.6) is 0 Å². The Morgan fingerprint density at radius 2 is 1.84 bits per heavy atom. The van der Waals surface area contributed by atoms with E-state index in [4.69, 9.17) is 0 Å². The molecule has 0 aliphatic rings. The van der Waals surface area contributed by atoms with Gasteiger partial charge in [0, 0.05) is 12.0 Å². The van der Waals surface area contributed by atoms with Crippen LogP contribution in [0.4, 0.5) is 5.13 Å². The highest BCUT2D eigenvalue weighted by atomic mass is 32.2. The first-order valence-corrected chi connectivity index (χ1v) is 10.1. The number of carbonyl (C=O) groups is 1. The van der Waals surface area contributed by atoms with Crippen molar-refractivity contribution < 1.29 is 13.2 Å². The Morgan fingerprint density at radius 1 is 1.16 bits per heavy atom. The van der Waals surface area contributed by atoms with Crippen LogP contribution < -0.4 is 10.0 Å². The largest absolute Gasteiger partial charge is 0.300 e. The molecule has 2 rings (SSSR count). The summed E-state index contributed by atoms with van der Waals surface area (Å²) in [6.45, 7) is 9.18. The predicted molar refractivity (Wildman–Crippen MR) is 98.0 cm³/mol. The van der Waals surface area contributed by atoms with Gasteiger partial charge >= 0.3 is 0 Å². The van der Waals surface area contributed by atoms with Gasteiger partial charge in [0.25, 0.3) is 10.0 Å². The SMILES string of the molecule is Cc1ccc([C@H](C)NS(=O)(=O)c2nnc(NC(=O)C(C)C)s2)c(C)c1. The van der Waals surface area contributed by atoms with Crippen LogP contribution in [0.15, 0.2) is 22.5 Å². The molecule has 1 aromatic heterocycles. The molecule has 136 valence electrons. The number of aryl methyl sites for hydroxylation is 2. The highest BCUT2D eigenvalue weighted by Gasteiger charge is 2.24. The molecule has 9 heteroatoms. The lowest BCUT2D eigenvalue weighted by Gasteiger charge is -2.16. The highest BCUT2D eigenvalue weighted by Crippen LogP contribution is 2.24. The molecule has 7 nitrogen and oxygen atoms in total. The monoisotopic (exact) mass is 382 g/mol. The second kappa shape index (κ2) is 7.59. The van der Waals surface area contributed by atoms with Gasteiger partial charge in [-0.1, -0.05) is 48.9 Å². The quantitative estimate of drug-likeness (QED) is 0.748. The van der Waals surface area contributed by atoms with Crippen molar-refractivity contribution in [1.82, 2.24) is 14.9 Å². The van der Waals surface area contributed by atoms with Crippen LogP contribution in [-0.4, -0.2) is 24.5 Å². The lowest BCUT2D eigenvalue weighted by atomic mass is 10.0. The van der Waals surface area contributed by atoms with Crippen LogP contribution >= 0.6 is 11.3 Å². The Morgan fingerprint density at radius 3 is 2.44 bits per heavy atom. The number of benzene rings is 1. The van der Waals surface area contributed by atoms with Gasteiger partial charge in [0.05, 0.1) is 0 Å². The van der Waals surface area contributed by atoms with E-state index >= 15 is 0 Å². The van der Waals surface area contributed by atoms with Gasteiger partial charge in [-0.3, -0.25) is 4.79 Å². The van der Waals surface area contributed by atoms with Gasteiger partial charge in [0.15, 0.2) is 0 Å². The molecule has 2 aromatic rings. The van der Waals surface area contributed by atoms with Crippen LogP contribution in [0.1, 0.15) is 43.5 Å². The summed E-state index contributed by atoms with van der Waals surface area (Å²) in [5.41, 5.74) is 3.02. The molecular formula is C16H22N4O3S2. The number of sulfonamides is 1. The van der Waals surface area contributed by atoms with E-state index in [1.807, 2.05) is 32.0 Å². The summed E-state index contributed by atoms with van der Waals surface area (Å²) in [4.78, 5) is 11.7. The molecule has 2 N–H and O–H groups in total. The minimum atomic E-state index is -3.83. The summed E-state index contributed by atoms with van der Waals surface area (Å²) in [5, 5.41) is 10.1.